The molecule has 1 atom stereocenters. The van der Waals surface area contributed by atoms with E-state index in [2.05, 4.69) is 13.8 Å². The van der Waals surface area contributed by atoms with Gasteiger partial charge in [-0.3, -0.25) is 9.36 Å². The molecule has 0 saturated heterocycles. The summed E-state index contributed by atoms with van der Waals surface area (Å²) >= 11 is 7.84. The lowest BCUT2D eigenvalue weighted by molar-refractivity contribution is -0.138. The van der Waals surface area contributed by atoms with Crippen LogP contribution in [0.15, 0.2) is 82.1 Å². The van der Waals surface area contributed by atoms with E-state index in [1.165, 1.54) is 11.3 Å². The number of hydrogen-bond donors (Lipinski definition) is 0. The predicted octanol–water partition coefficient (Wildman–Crippen LogP) is 6.51. The normalized spacial score (nSPS) is 14.9. The van der Waals surface area contributed by atoms with E-state index in [0.717, 1.165) is 16.7 Å². The molecule has 0 saturated carbocycles. The summed E-state index contributed by atoms with van der Waals surface area (Å²) in [6.45, 7) is 10.0. The number of rotatable bonds is 9. The van der Waals surface area contributed by atoms with Crippen LogP contribution in [0.2, 0.25) is 5.02 Å². The van der Waals surface area contributed by atoms with Crippen LogP contribution < -0.4 is 24.4 Å². The molecule has 0 amide bonds. The van der Waals surface area contributed by atoms with E-state index in [1.807, 2.05) is 68.4 Å². The number of carbonyl (C=O) groups excluding carboxylic acids is 1. The van der Waals surface area contributed by atoms with E-state index in [0.29, 0.717) is 48.6 Å². The fourth-order valence-corrected chi connectivity index (χ4v) is 6.41. The molecule has 0 radical (unpaired) electrons. The summed E-state index contributed by atoms with van der Waals surface area (Å²) in [6, 6.07) is 20.3. The van der Waals surface area contributed by atoms with Gasteiger partial charge in [-0.25, -0.2) is 9.79 Å². The molecular formula is C35H35ClN2O5S. The van der Waals surface area contributed by atoms with Crippen molar-refractivity contribution in [1.82, 2.24) is 4.57 Å². The molecule has 0 aliphatic carbocycles. The monoisotopic (exact) mass is 630 g/mol. The summed E-state index contributed by atoms with van der Waals surface area (Å²) in [5.41, 5.74) is 3.88. The molecule has 7 nitrogen and oxygen atoms in total. The molecule has 0 spiro atoms. The summed E-state index contributed by atoms with van der Waals surface area (Å²) in [6.07, 6.45) is 1.66. The Bertz CT molecular complexity index is 1890. The van der Waals surface area contributed by atoms with Crippen molar-refractivity contribution >= 4 is 40.7 Å². The highest BCUT2D eigenvalue weighted by Crippen LogP contribution is 2.38. The number of hydrogen-bond acceptors (Lipinski definition) is 7. The lowest BCUT2D eigenvalue weighted by atomic mass is 9.91. The molecule has 0 fully saturated rings. The van der Waals surface area contributed by atoms with Crippen LogP contribution in [0.4, 0.5) is 0 Å². The van der Waals surface area contributed by atoms with Crippen molar-refractivity contribution in [2.24, 2.45) is 4.99 Å². The largest absolute Gasteiger partial charge is 0.493 e. The van der Waals surface area contributed by atoms with Gasteiger partial charge in [0.05, 0.1) is 46.7 Å². The number of halogens is 1. The van der Waals surface area contributed by atoms with Gasteiger partial charge in [0.1, 0.15) is 0 Å². The van der Waals surface area contributed by atoms with Crippen molar-refractivity contribution in [3.63, 3.8) is 0 Å². The SMILES string of the molecule is CCOC(=O)C1=C(c2ccccc2)N=c2s/c(=C\c3cc(Cl)c(OC(C)C)c(OC)c3)c(=O)n2[C@H]1c1ccc(C(C)C)cc1. The Morgan fingerprint density at radius 2 is 1.77 bits per heavy atom. The van der Waals surface area contributed by atoms with Crippen molar-refractivity contribution in [3.8, 4) is 11.5 Å². The van der Waals surface area contributed by atoms with Gasteiger partial charge in [0.25, 0.3) is 5.56 Å². The lowest BCUT2D eigenvalue weighted by Crippen LogP contribution is -2.40. The van der Waals surface area contributed by atoms with Crippen molar-refractivity contribution in [2.45, 2.75) is 52.7 Å². The minimum Gasteiger partial charge on any atom is -0.493 e. The summed E-state index contributed by atoms with van der Waals surface area (Å²) in [5.74, 6) is 0.718. The van der Waals surface area contributed by atoms with Crippen LogP contribution in [0.25, 0.3) is 11.8 Å². The molecular weight excluding hydrogens is 596 g/mol. The van der Waals surface area contributed by atoms with Gasteiger partial charge in [-0.2, -0.15) is 0 Å². The zero-order valence-corrected chi connectivity index (χ0v) is 27.2. The molecule has 228 valence electrons. The molecule has 4 aromatic rings. The number of ether oxygens (including phenoxy) is 3. The fraction of sp³-hybridized carbons (Fsp3) is 0.286. The molecule has 2 heterocycles. The van der Waals surface area contributed by atoms with Crippen molar-refractivity contribution in [1.29, 1.82) is 0 Å². The predicted molar refractivity (Wildman–Crippen MR) is 175 cm³/mol. The number of aromatic nitrogens is 1. The number of nitrogens with zero attached hydrogens (tertiary/aromatic N) is 2. The first-order valence-corrected chi connectivity index (χ1v) is 15.7. The van der Waals surface area contributed by atoms with Crippen LogP contribution in [0, 0.1) is 0 Å². The van der Waals surface area contributed by atoms with Crippen molar-refractivity contribution in [2.75, 3.05) is 13.7 Å². The van der Waals surface area contributed by atoms with Crippen molar-refractivity contribution < 1.29 is 19.0 Å². The van der Waals surface area contributed by atoms with Gasteiger partial charge in [-0.15, -0.1) is 0 Å². The molecule has 0 bridgehead atoms. The highest BCUT2D eigenvalue weighted by atomic mass is 35.5. The number of thiazole rings is 1. The highest BCUT2D eigenvalue weighted by molar-refractivity contribution is 7.07. The third-order valence-electron chi connectivity index (χ3n) is 7.20. The summed E-state index contributed by atoms with van der Waals surface area (Å²) in [5, 5.41) is 0.371. The Morgan fingerprint density at radius 3 is 2.39 bits per heavy atom. The van der Waals surface area contributed by atoms with E-state index in [-0.39, 0.29) is 18.3 Å². The van der Waals surface area contributed by atoms with Crippen LogP contribution in [-0.4, -0.2) is 30.4 Å². The molecule has 44 heavy (non-hydrogen) atoms. The zero-order valence-electron chi connectivity index (χ0n) is 25.6. The Morgan fingerprint density at radius 1 is 1.07 bits per heavy atom. The van der Waals surface area contributed by atoms with Gasteiger partial charge in [-0.1, -0.05) is 91.4 Å². The quantitative estimate of drug-likeness (QED) is 0.197. The molecule has 9 heteroatoms. The van der Waals surface area contributed by atoms with Gasteiger partial charge in [0.2, 0.25) is 0 Å². The van der Waals surface area contributed by atoms with Gasteiger partial charge < -0.3 is 14.2 Å². The topological polar surface area (TPSA) is 79.1 Å². The summed E-state index contributed by atoms with van der Waals surface area (Å²) < 4.78 is 19.0. The van der Waals surface area contributed by atoms with Gasteiger partial charge in [0.15, 0.2) is 16.3 Å². The minimum absolute atomic E-state index is 0.0991. The van der Waals surface area contributed by atoms with Crippen LogP contribution in [0.5, 0.6) is 11.5 Å². The molecule has 5 rings (SSSR count). The van der Waals surface area contributed by atoms with E-state index < -0.39 is 12.0 Å². The Labute approximate surface area is 265 Å². The first-order chi connectivity index (χ1) is 21.1. The lowest BCUT2D eigenvalue weighted by Gasteiger charge is -2.26. The van der Waals surface area contributed by atoms with Crippen LogP contribution in [0.3, 0.4) is 0 Å². The average molecular weight is 631 g/mol. The Balaban J connectivity index is 1.77. The third-order valence-corrected chi connectivity index (χ3v) is 8.46. The Kier molecular flexibility index (Phi) is 9.42. The minimum atomic E-state index is -0.746. The standard InChI is InChI=1S/C35H35ClN2O5S/c1-7-42-34(40)29-30(24-11-9-8-10-12-24)37-35-38(31(29)25-15-13-23(14-16-25)20(2)3)33(39)28(44-35)19-22-17-26(36)32(43-21(4)5)27(18-22)41-6/h8-21,31H,7H2,1-6H3/b28-19-/t31-/m0/s1. The van der Waals surface area contributed by atoms with Crippen LogP contribution in [-0.2, 0) is 9.53 Å². The molecule has 1 aliphatic rings. The van der Waals surface area contributed by atoms with E-state index in [9.17, 15) is 9.59 Å². The maximum Gasteiger partial charge on any atom is 0.338 e. The highest BCUT2D eigenvalue weighted by Gasteiger charge is 2.35. The van der Waals surface area contributed by atoms with Crippen molar-refractivity contribution in [3.05, 3.63) is 119 Å². The van der Waals surface area contributed by atoms with E-state index in [4.69, 9.17) is 30.8 Å². The molecule has 0 N–H and O–H groups in total. The summed E-state index contributed by atoms with van der Waals surface area (Å²) in [4.78, 5) is 33.3. The number of fused-ring (bicyclic) bond motifs is 1. The molecule has 1 aliphatic heterocycles. The second-order valence-corrected chi connectivity index (χ2v) is 12.4. The molecule has 1 aromatic heterocycles. The van der Waals surface area contributed by atoms with Gasteiger partial charge in [0, 0.05) is 5.56 Å². The average Bonchev–Trinajstić information content (AvgIpc) is 3.31. The smallest absolute Gasteiger partial charge is 0.338 e. The van der Waals surface area contributed by atoms with Crippen LogP contribution in [0.1, 0.15) is 68.8 Å². The fourth-order valence-electron chi connectivity index (χ4n) is 5.14. The molecule has 0 unspecified atom stereocenters. The molecule has 3 aromatic carbocycles. The van der Waals surface area contributed by atoms with E-state index >= 15 is 0 Å². The van der Waals surface area contributed by atoms with E-state index in [1.54, 1.807) is 36.8 Å². The first-order valence-electron chi connectivity index (χ1n) is 14.5. The zero-order chi connectivity index (χ0) is 31.5. The maximum atomic E-state index is 14.2. The number of esters is 1. The van der Waals surface area contributed by atoms with Gasteiger partial charge in [-0.05, 0) is 61.6 Å². The number of benzene rings is 3. The number of carbonyl (C=O) groups is 1. The Hall–Kier alpha value is -4.14. The van der Waals surface area contributed by atoms with Crippen LogP contribution >= 0.6 is 22.9 Å². The second kappa shape index (κ2) is 13.2. The first kappa shape index (κ1) is 31.3. The number of methoxy groups -OCH3 is 1. The van der Waals surface area contributed by atoms with Gasteiger partial charge >= 0.3 is 5.97 Å². The summed E-state index contributed by atoms with van der Waals surface area (Å²) in [7, 11) is 1.54. The third kappa shape index (κ3) is 6.23. The maximum absolute atomic E-state index is 14.2. The second-order valence-electron chi connectivity index (χ2n) is 11.0.